The maximum Gasteiger partial charge on any atom is 0.154 e. The lowest BCUT2D eigenvalue weighted by Crippen LogP contribution is -1.94. The third-order valence-corrected chi connectivity index (χ3v) is 4.06. The summed E-state index contributed by atoms with van der Waals surface area (Å²) in [5.41, 5.74) is 5.19. The first-order valence-corrected chi connectivity index (χ1v) is 7.25. The molecule has 0 fully saturated rings. The van der Waals surface area contributed by atoms with E-state index in [0.29, 0.717) is 0 Å². The molecular weight excluding hydrogens is 272 g/mol. The van der Waals surface area contributed by atoms with Crippen LogP contribution in [-0.4, -0.2) is 9.38 Å². The highest BCUT2D eigenvalue weighted by molar-refractivity contribution is 5.97. The van der Waals surface area contributed by atoms with Gasteiger partial charge in [0.05, 0.1) is 28.3 Å². The zero-order chi connectivity index (χ0) is 14.5. The Hall–Kier alpha value is -3.07. The number of benzene rings is 2. The summed E-state index contributed by atoms with van der Waals surface area (Å²) in [4.78, 5) is 4.83. The fourth-order valence-electron chi connectivity index (χ4n) is 3.11. The number of hydrogen-bond donors (Lipinski definition) is 0. The highest BCUT2D eigenvalue weighted by Crippen LogP contribution is 2.31. The summed E-state index contributed by atoms with van der Waals surface area (Å²) in [5.74, 6) is 0.790. The average molecular weight is 284 g/mol. The summed E-state index contributed by atoms with van der Waals surface area (Å²) in [6.07, 6.45) is 1.69. The van der Waals surface area contributed by atoms with E-state index in [1.807, 2.05) is 30.3 Å². The van der Waals surface area contributed by atoms with E-state index < -0.39 is 0 Å². The van der Waals surface area contributed by atoms with Gasteiger partial charge in [-0.3, -0.25) is 0 Å². The molecule has 5 rings (SSSR count). The molecule has 0 spiro atoms. The lowest BCUT2D eigenvalue weighted by molar-refractivity contribution is 0.581. The first kappa shape index (κ1) is 11.6. The van der Waals surface area contributed by atoms with E-state index in [1.165, 1.54) is 10.9 Å². The van der Waals surface area contributed by atoms with Crippen LogP contribution in [0.5, 0.6) is 0 Å². The first-order chi connectivity index (χ1) is 10.9. The summed E-state index contributed by atoms with van der Waals surface area (Å²) in [6.45, 7) is 0. The van der Waals surface area contributed by atoms with Crippen LogP contribution in [-0.2, 0) is 0 Å². The van der Waals surface area contributed by atoms with Crippen molar-refractivity contribution >= 4 is 27.5 Å². The van der Waals surface area contributed by atoms with E-state index >= 15 is 0 Å². The molecule has 0 unspecified atom stereocenters. The van der Waals surface area contributed by atoms with Gasteiger partial charge in [-0.05, 0) is 36.4 Å². The van der Waals surface area contributed by atoms with Crippen molar-refractivity contribution in [3.05, 3.63) is 73.0 Å². The fourth-order valence-corrected chi connectivity index (χ4v) is 3.11. The number of para-hydroxylation sites is 3. The number of nitrogens with zero attached hydrogens (tertiary/aromatic N) is 2. The molecule has 0 saturated heterocycles. The molecule has 104 valence electrons. The third kappa shape index (κ3) is 1.48. The minimum Gasteiger partial charge on any atom is -0.463 e. The summed E-state index contributed by atoms with van der Waals surface area (Å²) in [7, 11) is 0. The molecule has 3 heterocycles. The Morgan fingerprint density at radius 1 is 0.773 bits per heavy atom. The second-order valence-corrected chi connectivity index (χ2v) is 5.35. The molecule has 0 amide bonds. The Kier molecular flexibility index (Phi) is 2.22. The number of fused-ring (bicyclic) bond motifs is 5. The van der Waals surface area contributed by atoms with Crippen molar-refractivity contribution in [2.75, 3.05) is 0 Å². The van der Waals surface area contributed by atoms with Gasteiger partial charge in [0, 0.05) is 5.39 Å². The van der Waals surface area contributed by atoms with Gasteiger partial charge in [0.1, 0.15) is 5.69 Å². The van der Waals surface area contributed by atoms with Gasteiger partial charge in [0.15, 0.2) is 5.76 Å². The van der Waals surface area contributed by atoms with E-state index in [4.69, 9.17) is 9.40 Å². The summed E-state index contributed by atoms with van der Waals surface area (Å²) in [6, 6.07) is 22.6. The third-order valence-electron chi connectivity index (χ3n) is 4.06. The second kappa shape index (κ2) is 4.21. The molecular formula is C19H12N2O. The predicted octanol–water partition coefficient (Wildman–Crippen LogP) is 4.90. The van der Waals surface area contributed by atoms with Crippen molar-refractivity contribution in [2.24, 2.45) is 0 Å². The minimum atomic E-state index is 0.790. The maximum atomic E-state index is 5.60. The number of furan rings is 1. The Bertz CT molecular complexity index is 1120. The summed E-state index contributed by atoms with van der Waals surface area (Å²) < 4.78 is 7.86. The number of rotatable bonds is 1. The number of aromatic nitrogens is 2. The van der Waals surface area contributed by atoms with Crippen molar-refractivity contribution in [1.82, 2.24) is 9.38 Å². The fraction of sp³-hybridized carbons (Fsp3) is 0. The zero-order valence-corrected chi connectivity index (χ0v) is 11.7. The van der Waals surface area contributed by atoms with Crippen LogP contribution in [0.3, 0.4) is 0 Å². The molecule has 0 saturated carbocycles. The normalized spacial score (nSPS) is 11.6. The van der Waals surface area contributed by atoms with Crippen LogP contribution in [0.1, 0.15) is 0 Å². The van der Waals surface area contributed by atoms with Crippen LogP contribution >= 0.6 is 0 Å². The molecule has 0 N–H and O–H groups in total. The van der Waals surface area contributed by atoms with Gasteiger partial charge in [-0.15, -0.1) is 0 Å². The molecule has 3 heteroatoms. The van der Waals surface area contributed by atoms with E-state index in [0.717, 1.165) is 28.0 Å². The number of hydrogen-bond acceptors (Lipinski definition) is 2. The maximum absolute atomic E-state index is 5.60. The van der Waals surface area contributed by atoms with Crippen LogP contribution in [0.15, 0.2) is 77.4 Å². The average Bonchev–Trinajstić information content (AvgIpc) is 3.22. The van der Waals surface area contributed by atoms with Crippen molar-refractivity contribution in [3.63, 3.8) is 0 Å². The predicted molar refractivity (Wildman–Crippen MR) is 87.9 cm³/mol. The van der Waals surface area contributed by atoms with Crippen molar-refractivity contribution in [2.45, 2.75) is 0 Å². The molecule has 22 heavy (non-hydrogen) atoms. The summed E-state index contributed by atoms with van der Waals surface area (Å²) >= 11 is 0. The largest absolute Gasteiger partial charge is 0.463 e. The molecule has 0 radical (unpaired) electrons. The molecule has 3 aromatic heterocycles. The molecule has 0 aliphatic heterocycles. The molecule has 0 aliphatic carbocycles. The van der Waals surface area contributed by atoms with Gasteiger partial charge in [-0.1, -0.05) is 30.3 Å². The smallest absolute Gasteiger partial charge is 0.154 e. The van der Waals surface area contributed by atoms with Gasteiger partial charge in [-0.25, -0.2) is 4.98 Å². The first-order valence-electron chi connectivity index (χ1n) is 7.25. The minimum absolute atomic E-state index is 0.790. The Morgan fingerprint density at radius 2 is 1.59 bits per heavy atom. The quantitative estimate of drug-likeness (QED) is 0.438. The molecule has 0 bridgehead atoms. The van der Waals surface area contributed by atoms with Crippen molar-refractivity contribution in [3.8, 4) is 11.5 Å². The summed E-state index contributed by atoms with van der Waals surface area (Å²) in [5, 5.41) is 1.20. The Morgan fingerprint density at radius 3 is 2.45 bits per heavy atom. The topological polar surface area (TPSA) is 30.4 Å². The highest BCUT2D eigenvalue weighted by Gasteiger charge is 2.14. The molecule has 0 aliphatic rings. The van der Waals surface area contributed by atoms with Gasteiger partial charge < -0.3 is 8.82 Å². The molecule has 2 aromatic carbocycles. The Balaban J connectivity index is 2.09. The van der Waals surface area contributed by atoms with Crippen LogP contribution in [0, 0.1) is 0 Å². The van der Waals surface area contributed by atoms with Crippen LogP contribution < -0.4 is 0 Å². The van der Waals surface area contributed by atoms with Crippen molar-refractivity contribution < 1.29 is 4.42 Å². The molecule has 3 nitrogen and oxygen atoms in total. The standard InChI is InChI=1S/C19H12N2O/c1-3-8-15-13(6-1)12-17-19(18-10-5-11-22-18)20-14-7-2-4-9-16(14)21(15)17/h1-12H. The van der Waals surface area contributed by atoms with Crippen molar-refractivity contribution in [1.29, 1.82) is 0 Å². The van der Waals surface area contributed by atoms with Crippen LogP contribution in [0.25, 0.3) is 38.9 Å². The second-order valence-electron chi connectivity index (χ2n) is 5.35. The van der Waals surface area contributed by atoms with Crippen LogP contribution in [0.4, 0.5) is 0 Å². The van der Waals surface area contributed by atoms with Crippen LogP contribution in [0.2, 0.25) is 0 Å². The van der Waals surface area contributed by atoms with Gasteiger partial charge in [-0.2, -0.15) is 0 Å². The SMILES string of the molecule is c1coc(-c2nc3ccccc3n3c2cc2ccccc23)c1. The lowest BCUT2D eigenvalue weighted by atomic mass is 10.2. The molecule has 5 aromatic rings. The van der Waals surface area contributed by atoms with E-state index in [1.54, 1.807) is 6.26 Å². The monoisotopic (exact) mass is 284 g/mol. The highest BCUT2D eigenvalue weighted by atomic mass is 16.3. The van der Waals surface area contributed by atoms with E-state index in [9.17, 15) is 0 Å². The van der Waals surface area contributed by atoms with Gasteiger partial charge >= 0.3 is 0 Å². The molecule has 0 atom stereocenters. The lowest BCUT2D eigenvalue weighted by Gasteiger charge is -2.07. The Labute approximate surface area is 126 Å². The zero-order valence-electron chi connectivity index (χ0n) is 11.7. The van der Waals surface area contributed by atoms with E-state index in [2.05, 4.69) is 40.8 Å². The van der Waals surface area contributed by atoms with Gasteiger partial charge in [0.25, 0.3) is 0 Å². The van der Waals surface area contributed by atoms with E-state index in [-0.39, 0.29) is 0 Å². The van der Waals surface area contributed by atoms with Gasteiger partial charge in [0.2, 0.25) is 0 Å².